The van der Waals surface area contributed by atoms with Crippen LogP contribution in [0.2, 0.25) is 0 Å². The quantitative estimate of drug-likeness (QED) is 0.792. The topological polar surface area (TPSA) is 61.8 Å². The Morgan fingerprint density at radius 1 is 1.08 bits per heavy atom. The summed E-state index contributed by atoms with van der Waals surface area (Å²) >= 11 is 0. The fourth-order valence-electron chi connectivity index (χ4n) is 2.91. The number of rotatable bonds is 6. The zero-order chi connectivity index (χ0) is 17.5. The standard InChI is InChI=1S/C20H24N2O3/c23-12-2-9-21-20(24)18-4-1-3-17(15-18)16-5-7-19(8-6-16)22-10-13-25-14-11-22/h1,3-8,15,23H,2,9-14H2,(H,21,24). The number of hydrogen-bond acceptors (Lipinski definition) is 4. The molecule has 0 aromatic heterocycles. The highest BCUT2D eigenvalue weighted by Gasteiger charge is 2.11. The van der Waals surface area contributed by atoms with Crippen molar-refractivity contribution in [2.24, 2.45) is 0 Å². The van der Waals surface area contributed by atoms with Gasteiger partial charge in [0.25, 0.3) is 5.91 Å². The van der Waals surface area contributed by atoms with Crippen molar-refractivity contribution >= 4 is 11.6 Å². The van der Waals surface area contributed by atoms with E-state index in [1.807, 2.05) is 18.2 Å². The van der Waals surface area contributed by atoms with Gasteiger partial charge in [-0.15, -0.1) is 0 Å². The van der Waals surface area contributed by atoms with E-state index in [0.717, 1.165) is 37.4 Å². The van der Waals surface area contributed by atoms with E-state index in [4.69, 9.17) is 9.84 Å². The first-order valence-electron chi connectivity index (χ1n) is 8.70. The molecule has 1 aliphatic rings. The molecule has 0 unspecified atom stereocenters. The Balaban J connectivity index is 1.71. The number of nitrogens with zero attached hydrogens (tertiary/aromatic N) is 1. The summed E-state index contributed by atoms with van der Waals surface area (Å²) in [7, 11) is 0. The van der Waals surface area contributed by atoms with Gasteiger partial charge in [-0.3, -0.25) is 4.79 Å². The molecule has 0 aliphatic carbocycles. The normalized spacial score (nSPS) is 14.4. The van der Waals surface area contributed by atoms with Gasteiger partial charge in [-0.05, 0) is 41.8 Å². The maximum atomic E-state index is 12.2. The van der Waals surface area contributed by atoms with Gasteiger partial charge in [0, 0.05) is 37.5 Å². The van der Waals surface area contributed by atoms with Crippen molar-refractivity contribution in [3.8, 4) is 11.1 Å². The summed E-state index contributed by atoms with van der Waals surface area (Å²) in [5.74, 6) is -0.111. The third kappa shape index (κ3) is 4.59. The first kappa shape index (κ1) is 17.5. The van der Waals surface area contributed by atoms with Crippen LogP contribution in [0.25, 0.3) is 11.1 Å². The lowest BCUT2D eigenvalue weighted by molar-refractivity contribution is 0.0951. The fraction of sp³-hybridized carbons (Fsp3) is 0.350. The Hall–Kier alpha value is -2.37. The second-order valence-corrected chi connectivity index (χ2v) is 6.06. The number of aliphatic hydroxyl groups excluding tert-OH is 1. The first-order valence-corrected chi connectivity index (χ1v) is 8.70. The Morgan fingerprint density at radius 2 is 1.84 bits per heavy atom. The van der Waals surface area contributed by atoms with E-state index in [0.29, 0.717) is 18.5 Å². The van der Waals surface area contributed by atoms with E-state index >= 15 is 0 Å². The van der Waals surface area contributed by atoms with E-state index < -0.39 is 0 Å². The van der Waals surface area contributed by atoms with Crippen LogP contribution in [-0.4, -0.2) is 50.5 Å². The average molecular weight is 340 g/mol. The molecule has 1 fully saturated rings. The lowest BCUT2D eigenvalue weighted by Gasteiger charge is -2.28. The van der Waals surface area contributed by atoms with Crippen LogP contribution >= 0.6 is 0 Å². The molecule has 0 radical (unpaired) electrons. The van der Waals surface area contributed by atoms with Gasteiger partial charge in [0.05, 0.1) is 13.2 Å². The van der Waals surface area contributed by atoms with Crippen LogP contribution in [0, 0.1) is 0 Å². The number of carbonyl (C=O) groups excluding carboxylic acids is 1. The second kappa shape index (κ2) is 8.65. The number of morpholine rings is 1. The third-order valence-electron chi connectivity index (χ3n) is 4.32. The van der Waals surface area contributed by atoms with Crippen LogP contribution in [0.5, 0.6) is 0 Å². The number of anilines is 1. The molecule has 5 heteroatoms. The number of hydrogen-bond donors (Lipinski definition) is 2. The molecule has 0 bridgehead atoms. The summed E-state index contributed by atoms with van der Waals surface area (Å²) < 4.78 is 5.39. The van der Waals surface area contributed by atoms with Gasteiger partial charge in [-0.1, -0.05) is 24.3 Å². The van der Waals surface area contributed by atoms with Crippen molar-refractivity contribution in [2.45, 2.75) is 6.42 Å². The molecule has 5 nitrogen and oxygen atoms in total. The molecule has 3 rings (SSSR count). The highest BCUT2D eigenvalue weighted by molar-refractivity contribution is 5.95. The summed E-state index contributed by atoms with van der Waals surface area (Å²) in [6.45, 7) is 3.94. The molecule has 2 aromatic carbocycles. The minimum absolute atomic E-state index is 0.0792. The predicted octanol–water partition coefficient (Wildman–Crippen LogP) is 2.30. The first-order chi connectivity index (χ1) is 12.3. The highest BCUT2D eigenvalue weighted by Crippen LogP contribution is 2.24. The van der Waals surface area contributed by atoms with Crippen molar-refractivity contribution in [3.05, 3.63) is 54.1 Å². The van der Waals surface area contributed by atoms with Crippen molar-refractivity contribution in [1.29, 1.82) is 0 Å². The van der Waals surface area contributed by atoms with Crippen LogP contribution in [-0.2, 0) is 4.74 Å². The third-order valence-corrected chi connectivity index (χ3v) is 4.32. The molecule has 1 saturated heterocycles. The van der Waals surface area contributed by atoms with Gasteiger partial charge in [0.2, 0.25) is 0 Å². The molecule has 25 heavy (non-hydrogen) atoms. The van der Waals surface area contributed by atoms with Gasteiger partial charge in [0.15, 0.2) is 0 Å². The Morgan fingerprint density at radius 3 is 2.56 bits per heavy atom. The predicted molar refractivity (Wildman–Crippen MR) is 98.9 cm³/mol. The van der Waals surface area contributed by atoms with E-state index in [9.17, 15) is 4.79 Å². The van der Waals surface area contributed by atoms with Gasteiger partial charge in [0.1, 0.15) is 0 Å². The molecule has 1 amide bonds. The Labute approximate surface area is 148 Å². The Bertz CT molecular complexity index is 694. The summed E-state index contributed by atoms with van der Waals surface area (Å²) in [4.78, 5) is 14.5. The van der Waals surface area contributed by atoms with E-state index in [1.54, 1.807) is 6.07 Å². The highest BCUT2D eigenvalue weighted by atomic mass is 16.5. The SMILES string of the molecule is O=C(NCCCO)c1cccc(-c2ccc(N3CCOCC3)cc2)c1. The zero-order valence-corrected chi connectivity index (χ0v) is 14.3. The minimum atomic E-state index is -0.111. The largest absolute Gasteiger partial charge is 0.396 e. The molecule has 132 valence electrons. The molecule has 1 aliphatic heterocycles. The molecular weight excluding hydrogens is 316 g/mol. The summed E-state index contributed by atoms with van der Waals surface area (Å²) in [6, 6.07) is 16.0. The van der Waals surface area contributed by atoms with E-state index in [1.165, 1.54) is 5.69 Å². The van der Waals surface area contributed by atoms with Crippen molar-refractivity contribution in [1.82, 2.24) is 5.32 Å². The number of carbonyl (C=O) groups is 1. The van der Waals surface area contributed by atoms with Crippen LogP contribution in [0.3, 0.4) is 0 Å². The molecule has 1 heterocycles. The summed E-state index contributed by atoms with van der Waals surface area (Å²) in [5, 5.41) is 11.6. The molecule has 2 aromatic rings. The van der Waals surface area contributed by atoms with E-state index in [-0.39, 0.29) is 12.5 Å². The van der Waals surface area contributed by atoms with Crippen LogP contribution < -0.4 is 10.2 Å². The van der Waals surface area contributed by atoms with Crippen molar-refractivity contribution < 1.29 is 14.6 Å². The van der Waals surface area contributed by atoms with Crippen LogP contribution in [0.1, 0.15) is 16.8 Å². The lowest BCUT2D eigenvalue weighted by Crippen LogP contribution is -2.36. The molecule has 0 saturated carbocycles. The maximum Gasteiger partial charge on any atom is 0.251 e. The minimum Gasteiger partial charge on any atom is -0.396 e. The summed E-state index contributed by atoms with van der Waals surface area (Å²) in [6.07, 6.45) is 0.564. The molecule has 2 N–H and O–H groups in total. The maximum absolute atomic E-state index is 12.2. The number of nitrogens with one attached hydrogen (secondary N) is 1. The van der Waals surface area contributed by atoms with Gasteiger partial charge < -0.3 is 20.1 Å². The fourth-order valence-corrected chi connectivity index (χ4v) is 2.91. The van der Waals surface area contributed by atoms with Crippen molar-refractivity contribution in [2.75, 3.05) is 44.4 Å². The number of benzene rings is 2. The second-order valence-electron chi connectivity index (χ2n) is 6.06. The summed E-state index contributed by atoms with van der Waals surface area (Å²) in [5.41, 5.74) is 3.93. The molecular formula is C20H24N2O3. The van der Waals surface area contributed by atoms with E-state index in [2.05, 4.69) is 34.5 Å². The van der Waals surface area contributed by atoms with Crippen molar-refractivity contribution in [3.63, 3.8) is 0 Å². The lowest BCUT2D eigenvalue weighted by atomic mass is 10.0. The zero-order valence-electron chi connectivity index (χ0n) is 14.3. The van der Waals surface area contributed by atoms with Gasteiger partial charge in [-0.2, -0.15) is 0 Å². The Kier molecular flexibility index (Phi) is 6.04. The van der Waals surface area contributed by atoms with Gasteiger partial charge >= 0.3 is 0 Å². The average Bonchev–Trinajstić information content (AvgIpc) is 2.69. The van der Waals surface area contributed by atoms with Crippen LogP contribution in [0.4, 0.5) is 5.69 Å². The molecule has 0 atom stereocenters. The number of aliphatic hydroxyl groups is 1. The number of amides is 1. The van der Waals surface area contributed by atoms with Crippen LogP contribution in [0.15, 0.2) is 48.5 Å². The monoisotopic (exact) mass is 340 g/mol. The van der Waals surface area contributed by atoms with Gasteiger partial charge in [-0.25, -0.2) is 0 Å². The smallest absolute Gasteiger partial charge is 0.251 e. The number of ether oxygens (including phenoxy) is 1. The molecule has 0 spiro atoms.